The number of nitrogens with zero attached hydrogens (tertiary/aromatic N) is 3. The van der Waals surface area contributed by atoms with Crippen LogP contribution < -0.4 is 0 Å². The number of para-hydroxylation sites is 6. The highest BCUT2D eigenvalue weighted by molar-refractivity contribution is 6.27. The molecule has 0 radical (unpaired) electrons. The van der Waals surface area contributed by atoms with Crippen molar-refractivity contribution in [3.8, 4) is 22.5 Å². The predicted molar refractivity (Wildman–Crippen MR) is 293 cm³/mol. The highest BCUT2D eigenvalue weighted by atomic mass is 16.6. The Balaban J connectivity index is 0.000000131. The van der Waals surface area contributed by atoms with Crippen molar-refractivity contribution in [2.75, 3.05) is 0 Å². The fourth-order valence-corrected chi connectivity index (χ4v) is 11.3. The van der Waals surface area contributed by atoms with Gasteiger partial charge in [-0.3, -0.25) is 10.1 Å². The Hall–Kier alpha value is -9.52. The van der Waals surface area contributed by atoms with Crippen LogP contribution in [0, 0.1) is 10.1 Å². The SMILES string of the molecule is O=[N+]([O-])c1ccccc1-c1cccc2c1ccc1cc3c(cc12)c1ccccc1n3-c1ccccc1.c1ccc(-n2c3ccccc3c3cc4c(ccc5c4ccc4[nH]c6ccccc6c45)cc32)cc1. The summed E-state index contributed by atoms with van der Waals surface area (Å²) in [5, 5.41) is 28.8. The van der Waals surface area contributed by atoms with Gasteiger partial charge >= 0.3 is 0 Å². The Morgan fingerprint density at radius 3 is 1.44 bits per heavy atom. The number of hydrogen-bond donors (Lipinski definition) is 1. The summed E-state index contributed by atoms with van der Waals surface area (Å²) in [6.45, 7) is 0. The lowest BCUT2D eigenvalue weighted by Gasteiger charge is -2.11. The van der Waals surface area contributed by atoms with E-state index in [2.05, 4.69) is 208 Å². The van der Waals surface area contributed by atoms with Crippen LogP contribution in [0.5, 0.6) is 0 Å². The molecule has 6 heteroatoms. The van der Waals surface area contributed by atoms with Gasteiger partial charge in [0.2, 0.25) is 0 Å². The molecular formula is C64H40N4O2. The van der Waals surface area contributed by atoms with E-state index < -0.39 is 0 Å². The first-order valence-electron chi connectivity index (χ1n) is 23.6. The molecule has 12 aromatic carbocycles. The number of hydrogen-bond acceptors (Lipinski definition) is 2. The molecule has 1 N–H and O–H groups in total. The Labute approximate surface area is 400 Å². The van der Waals surface area contributed by atoms with Crippen LogP contribution in [-0.4, -0.2) is 19.0 Å². The van der Waals surface area contributed by atoms with Crippen LogP contribution in [-0.2, 0) is 0 Å². The van der Waals surface area contributed by atoms with Gasteiger partial charge in [0.25, 0.3) is 5.69 Å². The minimum absolute atomic E-state index is 0.117. The molecule has 0 spiro atoms. The first kappa shape index (κ1) is 39.6. The molecular weight excluding hydrogens is 857 g/mol. The number of nitro benzene ring substituents is 1. The average molecular weight is 897 g/mol. The van der Waals surface area contributed by atoms with Gasteiger partial charge in [0.1, 0.15) is 0 Å². The van der Waals surface area contributed by atoms with Gasteiger partial charge in [-0.15, -0.1) is 0 Å². The topological polar surface area (TPSA) is 68.8 Å². The number of aromatic nitrogens is 3. The Bertz CT molecular complexity index is 4620. The van der Waals surface area contributed by atoms with Crippen LogP contribution in [0.25, 0.3) is 131 Å². The maximum absolute atomic E-state index is 11.7. The van der Waals surface area contributed by atoms with E-state index in [4.69, 9.17) is 0 Å². The quantitative estimate of drug-likeness (QED) is 0.109. The van der Waals surface area contributed by atoms with Crippen molar-refractivity contribution in [2.24, 2.45) is 0 Å². The van der Waals surface area contributed by atoms with E-state index in [1.165, 1.54) is 87.1 Å². The van der Waals surface area contributed by atoms with E-state index in [9.17, 15) is 10.1 Å². The van der Waals surface area contributed by atoms with Gasteiger partial charge in [-0.2, -0.15) is 0 Å². The van der Waals surface area contributed by atoms with Gasteiger partial charge in [0, 0.05) is 60.8 Å². The van der Waals surface area contributed by atoms with Crippen molar-refractivity contribution < 1.29 is 4.92 Å². The molecule has 15 rings (SSSR count). The summed E-state index contributed by atoms with van der Waals surface area (Å²) in [5.74, 6) is 0. The summed E-state index contributed by atoms with van der Waals surface area (Å²) in [7, 11) is 0. The molecule has 3 aromatic heterocycles. The van der Waals surface area contributed by atoms with Crippen molar-refractivity contribution >= 4 is 114 Å². The van der Waals surface area contributed by atoms with Gasteiger partial charge in [-0.25, -0.2) is 0 Å². The molecule has 6 nitrogen and oxygen atoms in total. The Morgan fingerprint density at radius 1 is 0.329 bits per heavy atom. The molecule has 328 valence electrons. The summed E-state index contributed by atoms with van der Waals surface area (Å²) >= 11 is 0. The third-order valence-corrected chi connectivity index (χ3v) is 14.4. The van der Waals surface area contributed by atoms with Crippen LogP contribution in [0.3, 0.4) is 0 Å². The van der Waals surface area contributed by atoms with Gasteiger partial charge in [-0.1, -0.05) is 152 Å². The van der Waals surface area contributed by atoms with Crippen LogP contribution in [0.15, 0.2) is 237 Å². The molecule has 0 saturated heterocycles. The van der Waals surface area contributed by atoms with Crippen molar-refractivity contribution in [2.45, 2.75) is 0 Å². The van der Waals surface area contributed by atoms with Gasteiger partial charge in [0.15, 0.2) is 0 Å². The van der Waals surface area contributed by atoms with E-state index in [1.54, 1.807) is 12.1 Å². The standard InChI is InChI=1S/C32H20N2O2.C32H20N2/c35-34(36)31-16-7-5-11-26(31)23-13-8-14-24-25(23)18-17-21-19-32-29(20-28(21)24)27-12-4-6-15-30(27)33(32)22-9-2-1-3-10-22;1-2-8-21(9-3-1)34-30-13-7-5-10-23(30)27-19-26-20(18-31(27)34)14-15-24-22(26)16-17-29-32(24)25-11-4-6-12-28(25)33-29/h1-20H;1-19,33H. The van der Waals surface area contributed by atoms with Crippen molar-refractivity contribution in [1.82, 2.24) is 14.1 Å². The number of H-pyrrole nitrogens is 1. The molecule has 3 heterocycles. The molecule has 0 aliphatic carbocycles. The minimum atomic E-state index is -0.308. The minimum Gasteiger partial charge on any atom is -0.354 e. The Kier molecular flexibility index (Phi) is 8.79. The smallest absolute Gasteiger partial charge is 0.277 e. The van der Waals surface area contributed by atoms with Gasteiger partial charge in [0.05, 0.1) is 32.6 Å². The number of aromatic amines is 1. The molecule has 0 aliphatic heterocycles. The number of rotatable bonds is 4. The number of fused-ring (bicyclic) bond motifs is 16. The van der Waals surface area contributed by atoms with Crippen LogP contribution in [0.2, 0.25) is 0 Å². The van der Waals surface area contributed by atoms with Crippen LogP contribution in [0.1, 0.15) is 0 Å². The molecule has 70 heavy (non-hydrogen) atoms. The third kappa shape index (κ3) is 6.00. The summed E-state index contributed by atoms with van der Waals surface area (Å²) in [5.41, 5.74) is 11.1. The first-order valence-corrected chi connectivity index (χ1v) is 23.6. The van der Waals surface area contributed by atoms with Gasteiger partial charge in [-0.05, 0) is 128 Å². The summed E-state index contributed by atoms with van der Waals surface area (Å²) in [6, 6.07) is 82.5. The predicted octanol–water partition coefficient (Wildman–Crippen LogP) is 17.4. The summed E-state index contributed by atoms with van der Waals surface area (Å²) in [6.07, 6.45) is 0. The largest absolute Gasteiger partial charge is 0.354 e. The number of nitro groups is 1. The fourth-order valence-electron chi connectivity index (χ4n) is 11.3. The monoisotopic (exact) mass is 896 g/mol. The second-order valence-corrected chi connectivity index (χ2v) is 18.1. The zero-order valence-electron chi connectivity index (χ0n) is 37.7. The number of benzene rings is 12. The molecule has 0 fully saturated rings. The molecule has 0 unspecified atom stereocenters. The summed E-state index contributed by atoms with van der Waals surface area (Å²) in [4.78, 5) is 15.0. The molecule has 15 aromatic rings. The third-order valence-electron chi connectivity index (χ3n) is 14.4. The van der Waals surface area contributed by atoms with E-state index in [0.717, 1.165) is 38.3 Å². The lowest BCUT2D eigenvalue weighted by molar-refractivity contribution is -0.384. The van der Waals surface area contributed by atoms with Gasteiger partial charge < -0.3 is 14.1 Å². The zero-order chi connectivity index (χ0) is 46.5. The Morgan fingerprint density at radius 2 is 0.814 bits per heavy atom. The maximum Gasteiger partial charge on any atom is 0.277 e. The van der Waals surface area contributed by atoms with E-state index in [1.807, 2.05) is 30.3 Å². The molecule has 0 atom stereocenters. The molecule has 0 aliphatic rings. The highest BCUT2D eigenvalue weighted by Gasteiger charge is 2.20. The second-order valence-electron chi connectivity index (χ2n) is 18.1. The zero-order valence-corrected chi connectivity index (χ0v) is 37.7. The van der Waals surface area contributed by atoms with Crippen molar-refractivity contribution in [3.05, 3.63) is 247 Å². The van der Waals surface area contributed by atoms with E-state index in [0.29, 0.717) is 5.56 Å². The second kappa shape index (κ2) is 15.5. The average Bonchev–Trinajstić information content (AvgIpc) is 4.07. The fraction of sp³-hybridized carbons (Fsp3) is 0. The molecule has 0 bridgehead atoms. The lowest BCUT2D eigenvalue weighted by Crippen LogP contribution is -1.93. The first-order chi connectivity index (χ1) is 34.6. The number of nitrogens with one attached hydrogen (secondary N) is 1. The van der Waals surface area contributed by atoms with E-state index in [-0.39, 0.29) is 10.6 Å². The van der Waals surface area contributed by atoms with Crippen LogP contribution >= 0.6 is 0 Å². The highest BCUT2D eigenvalue weighted by Crippen LogP contribution is 2.42. The van der Waals surface area contributed by atoms with Crippen molar-refractivity contribution in [3.63, 3.8) is 0 Å². The van der Waals surface area contributed by atoms with E-state index >= 15 is 0 Å². The molecule has 0 amide bonds. The maximum atomic E-state index is 11.7. The van der Waals surface area contributed by atoms with Crippen molar-refractivity contribution in [1.29, 1.82) is 0 Å². The summed E-state index contributed by atoms with van der Waals surface area (Å²) < 4.78 is 4.70. The normalized spacial score (nSPS) is 11.8. The van der Waals surface area contributed by atoms with Crippen LogP contribution in [0.4, 0.5) is 5.69 Å². The lowest BCUT2D eigenvalue weighted by atomic mass is 9.93. The molecule has 0 saturated carbocycles.